The Morgan fingerprint density at radius 1 is 1.03 bits per heavy atom. The summed E-state index contributed by atoms with van der Waals surface area (Å²) in [5, 5.41) is 5.71. The number of benzene rings is 2. The molecule has 1 saturated heterocycles. The predicted octanol–water partition coefficient (Wildman–Crippen LogP) is 5.08. The smallest absolute Gasteiger partial charge is 0.319 e. The fourth-order valence-electron chi connectivity index (χ4n) is 6.04. The molecule has 6 nitrogen and oxygen atoms in total. The van der Waals surface area contributed by atoms with Gasteiger partial charge in [0.15, 0.2) is 23.1 Å². The fraction of sp³-hybridized carbons (Fsp3) is 0.519. The summed E-state index contributed by atoms with van der Waals surface area (Å²) in [6, 6.07) is 9.55. The van der Waals surface area contributed by atoms with Crippen LogP contribution in [0, 0.1) is 17.6 Å². The largest absolute Gasteiger partial charge is 0.493 e. The maximum Gasteiger partial charge on any atom is 0.319 e. The number of anilines is 1. The first kappa shape index (κ1) is 23.9. The highest BCUT2D eigenvalue weighted by molar-refractivity contribution is 5.89. The van der Waals surface area contributed by atoms with Gasteiger partial charge in [-0.1, -0.05) is 6.07 Å². The zero-order valence-electron chi connectivity index (χ0n) is 20.3. The number of carbonyl (C=O) groups is 1. The van der Waals surface area contributed by atoms with E-state index in [1.807, 2.05) is 6.07 Å². The molecule has 3 unspecified atom stereocenters. The van der Waals surface area contributed by atoms with E-state index in [-0.39, 0.29) is 17.1 Å². The lowest BCUT2D eigenvalue weighted by molar-refractivity contribution is 0.132. The van der Waals surface area contributed by atoms with Gasteiger partial charge in [-0.3, -0.25) is 4.90 Å². The number of halogens is 2. The van der Waals surface area contributed by atoms with E-state index in [0.29, 0.717) is 6.04 Å². The normalized spacial score (nSPS) is 26.2. The van der Waals surface area contributed by atoms with E-state index < -0.39 is 17.7 Å². The van der Waals surface area contributed by atoms with E-state index in [1.54, 1.807) is 14.2 Å². The van der Waals surface area contributed by atoms with Gasteiger partial charge in [0.2, 0.25) is 0 Å². The highest BCUT2D eigenvalue weighted by Gasteiger charge is 2.52. The molecule has 3 fully saturated rings. The molecule has 8 heteroatoms. The average molecular weight is 486 g/mol. The summed E-state index contributed by atoms with van der Waals surface area (Å²) < 4.78 is 37.8. The molecule has 0 spiro atoms. The maximum atomic E-state index is 13.5. The van der Waals surface area contributed by atoms with E-state index in [4.69, 9.17) is 9.47 Å². The lowest BCUT2D eigenvalue weighted by atomic mass is 9.65. The molecule has 2 aromatic rings. The van der Waals surface area contributed by atoms with Crippen LogP contribution in [0.3, 0.4) is 0 Å². The SMILES string of the molecule is COc1ccc(C23CCC(NC(=O)Nc4ccc(F)c(F)c4)CC2N(CC2CC2)CC3)cc1OC. The minimum absolute atomic E-state index is 0.00151. The Kier molecular flexibility index (Phi) is 6.57. The summed E-state index contributed by atoms with van der Waals surface area (Å²) in [4.78, 5) is 15.3. The highest BCUT2D eigenvalue weighted by atomic mass is 19.2. The third-order valence-electron chi connectivity index (χ3n) is 8.03. The van der Waals surface area contributed by atoms with Gasteiger partial charge in [-0.2, -0.15) is 0 Å². The molecule has 2 saturated carbocycles. The van der Waals surface area contributed by atoms with Crippen molar-refractivity contribution in [1.82, 2.24) is 10.2 Å². The lowest BCUT2D eigenvalue weighted by Gasteiger charge is -2.45. The number of methoxy groups -OCH3 is 2. The van der Waals surface area contributed by atoms with Gasteiger partial charge in [-0.15, -0.1) is 0 Å². The van der Waals surface area contributed by atoms with Crippen LogP contribution < -0.4 is 20.1 Å². The van der Waals surface area contributed by atoms with Crippen molar-refractivity contribution < 1.29 is 23.0 Å². The van der Waals surface area contributed by atoms with Gasteiger partial charge in [0.1, 0.15) is 0 Å². The summed E-state index contributed by atoms with van der Waals surface area (Å²) in [5.74, 6) is 0.320. The Morgan fingerprint density at radius 2 is 1.83 bits per heavy atom. The van der Waals surface area contributed by atoms with Crippen LogP contribution in [0.15, 0.2) is 36.4 Å². The van der Waals surface area contributed by atoms with E-state index in [2.05, 4.69) is 27.7 Å². The van der Waals surface area contributed by atoms with Crippen LogP contribution in [0.1, 0.15) is 44.1 Å². The lowest BCUT2D eigenvalue weighted by Crippen LogP contribution is -2.53. The second-order valence-electron chi connectivity index (χ2n) is 10.1. The third kappa shape index (κ3) is 4.81. The molecule has 0 bridgehead atoms. The molecular weight excluding hydrogens is 452 g/mol. The first-order chi connectivity index (χ1) is 16.9. The van der Waals surface area contributed by atoms with E-state index >= 15 is 0 Å². The van der Waals surface area contributed by atoms with Crippen LogP contribution in [-0.2, 0) is 5.41 Å². The molecule has 2 N–H and O–H groups in total. The molecule has 188 valence electrons. The van der Waals surface area contributed by atoms with Crippen molar-refractivity contribution in [1.29, 1.82) is 0 Å². The Bertz CT molecular complexity index is 1090. The first-order valence-electron chi connectivity index (χ1n) is 12.4. The number of ether oxygens (including phenoxy) is 2. The molecular formula is C27H33F2N3O3. The van der Waals surface area contributed by atoms with Crippen molar-refractivity contribution in [3.05, 3.63) is 53.6 Å². The van der Waals surface area contributed by atoms with E-state index in [0.717, 1.165) is 68.3 Å². The summed E-state index contributed by atoms with van der Waals surface area (Å²) in [5.41, 5.74) is 1.50. The van der Waals surface area contributed by atoms with Crippen LogP contribution in [0.2, 0.25) is 0 Å². The predicted molar refractivity (Wildman–Crippen MR) is 130 cm³/mol. The van der Waals surface area contributed by atoms with Gasteiger partial charge in [0.05, 0.1) is 14.2 Å². The molecule has 0 aromatic heterocycles. The number of amides is 2. The molecule has 5 rings (SSSR count). The van der Waals surface area contributed by atoms with E-state index in [9.17, 15) is 13.6 Å². The minimum atomic E-state index is -0.984. The van der Waals surface area contributed by atoms with Crippen molar-refractivity contribution in [2.45, 2.75) is 56.0 Å². The number of hydrogen-bond acceptors (Lipinski definition) is 4. The van der Waals surface area contributed by atoms with Crippen LogP contribution in [0.4, 0.5) is 19.3 Å². The highest BCUT2D eigenvalue weighted by Crippen LogP contribution is 2.51. The second-order valence-corrected chi connectivity index (χ2v) is 10.1. The second kappa shape index (κ2) is 9.64. The molecule has 0 radical (unpaired) electrons. The van der Waals surface area contributed by atoms with Gasteiger partial charge in [0.25, 0.3) is 0 Å². The summed E-state index contributed by atoms with van der Waals surface area (Å²) >= 11 is 0. The number of carbonyl (C=O) groups excluding carboxylic acids is 1. The molecule has 1 aliphatic heterocycles. The summed E-state index contributed by atoms with van der Waals surface area (Å²) in [6.45, 7) is 2.15. The van der Waals surface area contributed by atoms with Crippen LogP contribution >= 0.6 is 0 Å². The molecule has 3 aliphatic rings. The number of urea groups is 1. The molecule has 2 aromatic carbocycles. The topological polar surface area (TPSA) is 62.8 Å². The van der Waals surface area contributed by atoms with Crippen molar-refractivity contribution in [2.75, 3.05) is 32.6 Å². The zero-order chi connectivity index (χ0) is 24.6. The molecule has 2 aliphatic carbocycles. The molecule has 35 heavy (non-hydrogen) atoms. The standard InChI is InChI=1S/C27H33F2N3O3/c1-34-23-8-5-18(13-24(23)35-2)27-10-9-20(15-25(27)32(12-11-27)16-17-3-4-17)31-26(33)30-19-6-7-21(28)22(29)14-19/h5-8,13-14,17,20,25H,3-4,9-12,15-16H2,1-2H3,(H2,30,31,33). The van der Waals surface area contributed by atoms with Crippen LogP contribution in [0.25, 0.3) is 0 Å². The first-order valence-corrected chi connectivity index (χ1v) is 12.4. The number of hydrogen-bond donors (Lipinski definition) is 2. The molecule has 3 atom stereocenters. The third-order valence-corrected chi connectivity index (χ3v) is 8.03. The Morgan fingerprint density at radius 3 is 2.54 bits per heavy atom. The van der Waals surface area contributed by atoms with E-state index in [1.165, 1.54) is 24.5 Å². The maximum absolute atomic E-state index is 13.5. The van der Waals surface area contributed by atoms with Crippen LogP contribution in [0.5, 0.6) is 11.5 Å². The Hall–Kier alpha value is -2.87. The number of nitrogens with zero attached hydrogens (tertiary/aromatic N) is 1. The minimum Gasteiger partial charge on any atom is -0.493 e. The Balaban J connectivity index is 1.33. The van der Waals surface area contributed by atoms with Crippen molar-refractivity contribution in [2.24, 2.45) is 5.92 Å². The molecule has 1 heterocycles. The zero-order valence-corrected chi connectivity index (χ0v) is 20.3. The van der Waals surface area contributed by atoms with Crippen LogP contribution in [-0.4, -0.2) is 50.3 Å². The number of rotatable bonds is 7. The fourth-order valence-corrected chi connectivity index (χ4v) is 6.04. The van der Waals surface area contributed by atoms with Gasteiger partial charge >= 0.3 is 6.03 Å². The average Bonchev–Trinajstić information content (AvgIpc) is 3.61. The van der Waals surface area contributed by atoms with Gasteiger partial charge in [0, 0.05) is 35.8 Å². The molecule has 2 amide bonds. The van der Waals surface area contributed by atoms with Crippen molar-refractivity contribution in [3.63, 3.8) is 0 Å². The number of likely N-dealkylation sites (tertiary alicyclic amines) is 1. The quantitative estimate of drug-likeness (QED) is 0.574. The van der Waals surface area contributed by atoms with Gasteiger partial charge < -0.3 is 20.1 Å². The summed E-state index contributed by atoms with van der Waals surface area (Å²) in [6.07, 6.45) is 6.30. The monoisotopic (exact) mass is 485 g/mol. The number of fused-ring (bicyclic) bond motifs is 1. The Labute approximate surface area is 205 Å². The van der Waals surface area contributed by atoms with Gasteiger partial charge in [-0.25, -0.2) is 13.6 Å². The summed E-state index contributed by atoms with van der Waals surface area (Å²) in [7, 11) is 3.31. The van der Waals surface area contributed by atoms with Crippen molar-refractivity contribution >= 4 is 11.7 Å². The number of nitrogens with one attached hydrogen (secondary N) is 2. The van der Waals surface area contributed by atoms with Crippen molar-refractivity contribution in [3.8, 4) is 11.5 Å². The van der Waals surface area contributed by atoms with Gasteiger partial charge in [-0.05, 0) is 80.8 Å².